The van der Waals surface area contributed by atoms with Gasteiger partial charge in [-0.15, -0.1) is 0 Å². The van der Waals surface area contributed by atoms with Crippen LogP contribution in [0.5, 0.6) is 0 Å². The predicted molar refractivity (Wildman–Crippen MR) is 339 cm³/mol. The molecule has 0 rings (SSSR count). The topological polar surface area (TPSA) is 78.9 Å². The maximum Gasteiger partial charge on any atom is 0.306 e. The molecule has 446 valence electrons. The van der Waals surface area contributed by atoms with Crippen LogP contribution in [0.25, 0.3) is 0 Å². The van der Waals surface area contributed by atoms with Crippen LogP contribution in [0.1, 0.15) is 310 Å². The van der Waals surface area contributed by atoms with Gasteiger partial charge in [0.1, 0.15) is 13.2 Å². The fourth-order valence-corrected chi connectivity index (χ4v) is 9.10. The molecular formula is C72H122O6. The highest BCUT2D eigenvalue weighted by atomic mass is 16.6. The molecule has 0 saturated heterocycles. The zero-order valence-corrected chi connectivity index (χ0v) is 51.2. The first-order chi connectivity index (χ1) is 38.5. The van der Waals surface area contributed by atoms with E-state index >= 15 is 0 Å². The number of ether oxygens (including phenoxy) is 3. The lowest BCUT2D eigenvalue weighted by Gasteiger charge is -2.18. The summed E-state index contributed by atoms with van der Waals surface area (Å²) in [5.74, 6) is -0.886. The molecular weight excluding hydrogens is 961 g/mol. The Kier molecular flexibility index (Phi) is 62.3. The average Bonchev–Trinajstić information content (AvgIpc) is 3.44. The Hall–Kier alpha value is -3.93. The SMILES string of the molecule is CC/C=C\C/C=C\C/C=C\C/C=C\C/C=C\C/C=C\C/C=C\CCCCCCCCCCCC(=O)OCC(COC(=O)CCCCCCCCCCCCCC)OC(=O)CCCCCCCCC/C=C\C/C=C\CCCCC. The molecule has 0 fully saturated rings. The summed E-state index contributed by atoms with van der Waals surface area (Å²) in [6.45, 7) is 6.51. The van der Waals surface area contributed by atoms with Gasteiger partial charge in [-0.1, -0.05) is 291 Å². The monoisotopic (exact) mass is 1080 g/mol. The number of carbonyl (C=O) groups excluding carboxylic acids is 3. The number of carbonyl (C=O) groups is 3. The second-order valence-electron chi connectivity index (χ2n) is 21.6. The van der Waals surface area contributed by atoms with E-state index in [9.17, 15) is 14.4 Å². The first kappa shape index (κ1) is 74.1. The van der Waals surface area contributed by atoms with Crippen LogP contribution in [-0.2, 0) is 28.6 Å². The number of hydrogen-bond acceptors (Lipinski definition) is 6. The minimum absolute atomic E-state index is 0.0805. The third kappa shape index (κ3) is 62.9. The van der Waals surface area contributed by atoms with Gasteiger partial charge in [-0.2, -0.15) is 0 Å². The zero-order valence-electron chi connectivity index (χ0n) is 51.2. The summed E-state index contributed by atoms with van der Waals surface area (Å²) >= 11 is 0. The quantitative estimate of drug-likeness (QED) is 0.0261. The minimum Gasteiger partial charge on any atom is -0.462 e. The fourth-order valence-electron chi connectivity index (χ4n) is 9.10. The zero-order chi connectivity index (χ0) is 56.4. The van der Waals surface area contributed by atoms with Crippen molar-refractivity contribution in [3.8, 4) is 0 Å². The van der Waals surface area contributed by atoms with Crippen molar-refractivity contribution in [2.24, 2.45) is 0 Å². The molecule has 0 bridgehead atoms. The van der Waals surface area contributed by atoms with Crippen molar-refractivity contribution in [2.45, 2.75) is 316 Å². The van der Waals surface area contributed by atoms with Crippen LogP contribution in [0.3, 0.4) is 0 Å². The molecule has 0 aromatic carbocycles. The van der Waals surface area contributed by atoms with Gasteiger partial charge in [0.05, 0.1) is 0 Å². The smallest absolute Gasteiger partial charge is 0.306 e. The normalized spacial score (nSPS) is 12.8. The van der Waals surface area contributed by atoms with Gasteiger partial charge in [0.25, 0.3) is 0 Å². The largest absolute Gasteiger partial charge is 0.462 e. The lowest BCUT2D eigenvalue weighted by atomic mass is 10.0. The van der Waals surface area contributed by atoms with Crippen molar-refractivity contribution in [2.75, 3.05) is 13.2 Å². The van der Waals surface area contributed by atoms with Gasteiger partial charge in [-0.05, 0) is 109 Å². The van der Waals surface area contributed by atoms with Crippen molar-refractivity contribution >= 4 is 17.9 Å². The van der Waals surface area contributed by atoms with Crippen LogP contribution in [0.4, 0.5) is 0 Å². The first-order valence-corrected chi connectivity index (χ1v) is 32.9. The Morgan fingerprint density at radius 1 is 0.269 bits per heavy atom. The third-order valence-corrected chi connectivity index (χ3v) is 14.0. The van der Waals surface area contributed by atoms with Crippen molar-refractivity contribution in [1.29, 1.82) is 0 Å². The summed E-state index contributed by atoms with van der Waals surface area (Å²) in [6.07, 6.45) is 89.5. The fraction of sp³-hybridized carbons (Fsp3) is 0.708. The van der Waals surface area contributed by atoms with E-state index in [1.807, 2.05) is 0 Å². The van der Waals surface area contributed by atoms with E-state index in [1.54, 1.807) is 0 Å². The molecule has 6 nitrogen and oxygen atoms in total. The molecule has 78 heavy (non-hydrogen) atoms. The molecule has 6 heteroatoms. The highest BCUT2D eigenvalue weighted by molar-refractivity contribution is 5.71. The molecule has 0 aromatic rings. The number of allylic oxidation sites excluding steroid dienone is 18. The lowest BCUT2D eigenvalue weighted by molar-refractivity contribution is -0.167. The molecule has 1 atom stereocenters. The standard InChI is InChI=1S/C72H122O6/c1-4-7-10-13-16-19-22-25-27-29-30-31-32-33-34-35-36-37-38-39-40-41-42-44-45-47-50-53-56-59-62-65-71(74)77-68-69(67-76-70(73)64-61-58-55-52-49-24-21-18-15-12-9-6-3)78-72(75)66-63-60-57-54-51-48-46-43-28-26-23-20-17-14-11-8-5-2/h7,10,16-17,19-20,25-28,30-31,33-34,36-37,39-40,69H,4-6,8-9,11-15,18,21-24,29,32,35,38,41-68H2,1-3H3/b10-7-,19-16-,20-17-,27-25-,28-26-,31-30-,34-33-,37-36-,40-39-. The second kappa shape index (κ2) is 65.6. The van der Waals surface area contributed by atoms with Crippen LogP contribution < -0.4 is 0 Å². The van der Waals surface area contributed by atoms with Gasteiger partial charge in [0, 0.05) is 19.3 Å². The Balaban J connectivity index is 4.27. The predicted octanol–water partition coefficient (Wildman–Crippen LogP) is 22.6. The summed E-state index contributed by atoms with van der Waals surface area (Å²) < 4.78 is 16.9. The molecule has 1 unspecified atom stereocenters. The van der Waals surface area contributed by atoms with Gasteiger partial charge < -0.3 is 14.2 Å². The van der Waals surface area contributed by atoms with Crippen LogP contribution >= 0.6 is 0 Å². The number of hydrogen-bond donors (Lipinski definition) is 0. The van der Waals surface area contributed by atoms with Gasteiger partial charge >= 0.3 is 17.9 Å². The van der Waals surface area contributed by atoms with Gasteiger partial charge in [-0.3, -0.25) is 14.4 Å². The van der Waals surface area contributed by atoms with Crippen molar-refractivity contribution in [3.05, 3.63) is 109 Å². The minimum atomic E-state index is -0.785. The van der Waals surface area contributed by atoms with E-state index < -0.39 is 6.10 Å². The molecule has 0 N–H and O–H groups in total. The summed E-state index contributed by atoms with van der Waals surface area (Å²) in [5, 5.41) is 0. The van der Waals surface area contributed by atoms with Crippen LogP contribution in [-0.4, -0.2) is 37.2 Å². The Morgan fingerprint density at radius 2 is 0.500 bits per heavy atom. The highest BCUT2D eigenvalue weighted by Gasteiger charge is 2.19. The summed E-state index contributed by atoms with van der Waals surface area (Å²) in [4.78, 5) is 38.3. The van der Waals surface area contributed by atoms with Crippen molar-refractivity contribution in [3.63, 3.8) is 0 Å². The maximum absolute atomic E-state index is 12.9. The number of esters is 3. The lowest BCUT2D eigenvalue weighted by Crippen LogP contribution is -2.30. The highest BCUT2D eigenvalue weighted by Crippen LogP contribution is 2.16. The Morgan fingerprint density at radius 3 is 0.808 bits per heavy atom. The average molecular weight is 1080 g/mol. The number of rotatable bonds is 59. The van der Waals surface area contributed by atoms with E-state index in [-0.39, 0.29) is 31.1 Å². The van der Waals surface area contributed by atoms with Crippen molar-refractivity contribution in [1.82, 2.24) is 0 Å². The van der Waals surface area contributed by atoms with Gasteiger partial charge in [0.2, 0.25) is 0 Å². The first-order valence-electron chi connectivity index (χ1n) is 32.9. The molecule has 0 spiro atoms. The molecule has 0 aliphatic heterocycles. The molecule has 0 heterocycles. The van der Waals surface area contributed by atoms with Crippen LogP contribution in [0, 0.1) is 0 Å². The molecule has 0 radical (unpaired) electrons. The molecule has 0 aliphatic carbocycles. The summed E-state index contributed by atoms with van der Waals surface area (Å²) in [5.41, 5.74) is 0. The maximum atomic E-state index is 12.9. The van der Waals surface area contributed by atoms with Crippen LogP contribution in [0.15, 0.2) is 109 Å². The van der Waals surface area contributed by atoms with Gasteiger partial charge in [0.15, 0.2) is 6.10 Å². The van der Waals surface area contributed by atoms with Crippen LogP contribution in [0.2, 0.25) is 0 Å². The van der Waals surface area contributed by atoms with E-state index in [0.717, 1.165) is 122 Å². The molecule has 0 aromatic heterocycles. The van der Waals surface area contributed by atoms with E-state index in [1.165, 1.54) is 148 Å². The molecule has 0 saturated carbocycles. The van der Waals surface area contributed by atoms with Crippen molar-refractivity contribution < 1.29 is 28.6 Å². The summed E-state index contributed by atoms with van der Waals surface area (Å²) in [7, 11) is 0. The number of unbranched alkanes of at least 4 members (excludes halogenated alkanes) is 30. The molecule has 0 aliphatic rings. The van der Waals surface area contributed by atoms with E-state index in [4.69, 9.17) is 14.2 Å². The second-order valence-corrected chi connectivity index (χ2v) is 21.6. The van der Waals surface area contributed by atoms with E-state index in [2.05, 4.69) is 130 Å². The van der Waals surface area contributed by atoms with Gasteiger partial charge in [-0.25, -0.2) is 0 Å². The van der Waals surface area contributed by atoms with E-state index in [0.29, 0.717) is 19.3 Å². The Labute approximate surface area is 482 Å². The summed E-state index contributed by atoms with van der Waals surface area (Å²) in [6, 6.07) is 0. The third-order valence-electron chi connectivity index (χ3n) is 14.0. The molecule has 0 amide bonds. The Bertz CT molecular complexity index is 1570.